The van der Waals surface area contributed by atoms with Gasteiger partial charge in [0.2, 0.25) is 5.78 Å². The highest BCUT2D eigenvalue weighted by Crippen LogP contribution is 2.21. The van der Waals surface area contributed by atoms with Crippen molar-refractivity contribution in [2.24, 2.45) is 0 Å². The van der Waals surface area contributed by atoms with E-state index in [1.807, 2.05) is 12.3 Å². The van der Waals surface area contributed by atoms with E-state index in [0.717, 1.165) is 11.1 Å². The summed E-state index contributed by atoms with van der Waals surface area (Å²) in [6.45, 7) is 1.79. The molecule has 0 atom stereocenters. The lowest BCUT2D eigenvalue weighted by Gasteiger charge is -2.06. The van der Waals surface area contributed by atoms with E-state index in [1.165, 1.54) is 0 Å². The van der Waals surface area contributed by atoms with E-state index < -0.39 is 0 Å². The molecule has 6 nitrogen and oxygen atoms in total. The summed E-state index contributed by atoms with van der Waals surface area (Å²) >= 11 is 0. The van der Waals surface area contributed by atoms with E-state index in [4.69, 9.17) is 5.26 Å². The second-order valence-corrected chi connectivity index (χ2v) is 4.14. The maximum Gasteiger partial charge on any atom is 0.266 e. The summed E-state index contributed by atoms with van der Waals surface area (Å²) in [6, 6.07) is 3.46. The molecule has 0 aromatic carbocycles. The summed E-state index contributed by atoms with van der Waals surface area (Å²) in [4.78, 5) is 22.5. The number of nitriles is 1. The van der Waals surface area contributed by atoms with Crippen molar-refractivity contribution >= 4 is 5.78 Å². The van der Waals surface area contributed by atoms with Crippen LogP contribution >= 0.6 is 0 Å². The van der Waals surface area contributed by atoms with Gasteiger partial charge in [0.1, 0.15) is 11.6 Å². The highest BCUT2D eigenvalue weighted by atomic mass is 16.1. The lowest BCUT2D eigenvalue weighted by atomic mass is 10.1. The fraction of sp³-hybridized carbons (Fsp3) is 0.0769. The maximum absolute atomic E-state index is 11.5. The zero-order chi connectivity index (χ0) is 13.4. The predicted octanol–water partition coefficient (Wildman–Crippen LogP) is 1.26. The molecular formula is C13H9N5O. The van der Waals surface area contributed by atoms with Crippen LogP contribution in [0.1, 0.15) is 11.3 Å². The van der Waals surface area contributed by atoms with Crippen LogP contribution in [0.15, 0.2) is 35.6 Å². The van der Waals surface area contributed by atoms with Crippen LogP contribution in [-0.2, 0) is 0 Å². The van der Waals surface area contributed by atoms with Crippen LogP contribution in [0.4, 0.5) is 0 Å². The zero-order valence-electron chi connectivity index (χ0n) is 10.1. The Morgan fingerprint density at radius 2 is 2.26 bits per heavy atom. The number of aromatic amines is 1. The van der Waals surface area contributed by atoms with Crippen LogP contribution in [0.25, 0.3) is 16.9 Å². The van der Waals surface area contributed by atoms with E-state index in [2.05, 4.69) is 15.0 Å². The molecule has 0 aliphatic rings. The van der Waals surface area contributed by atoms with Gasteiger partial charge in [-0.15, -0.1) is 0 Å². The Labute approximate surface area is 108 Å². The molecule has 1 N–H and O–H groups in total. The molecule has 3 heterocycles. The fourth-order valence-electron chi connectivity index (χ4n) is 1.96. The first-order chi connectivity index (χ1) is 9.19. The van der Waals surface area contributed by atoms with Crippen molar-refractivity contribution in [1.29, 1.82) is 5.26 Å². The van der Waals surface area contributed by atoms with Crippen LogP contribution in [0.2, 0.25) is 0 Å². The van der Waals surface area contributed by atoms with Gasteiger partial charge in [-0.3, -0.25) is 9.20 Å². The molecule has 0 bridgehead atoms. The third-order valence-electron chi connectivity index (χ3n) is 2.92. The number of hydrogen-bond donors (Lipinski definition) is 1. The topological polar surface area (TPSA) is 86.8 Å². The van der Waals surface area contributed by atoms with Crippen molar-refractivity contribution in [2.75, 3.05) is 0 Å². The Kier molecular flexibility index (Phi) is 2.39. The standard InChI is InChI=1S/C13H9N5O/c1-8-11(4-9(5-14)12(19)17-8)10-6-16-13-15-2-3-18(13)7-10/h2-4,6-7H,1H3,(H,17,19). The summed E-state index contributed by atoms with van der Waals surface area (Å²) in [6.07, 6.45) is 6.98. The van der Waals surface area contributed by atoms with Gasteiger partial charge in [-0.05, 0) is 13.0 Å². The van der Waals surface area contributed by atoms with Gasteiger partial charge in [-0.1, -0.05) is 0 Å². The highest BCUT2D eigenvalue weighted by molar-refractivity contribution is 5.66. The number of aryl methyl sites for hydroxylation is 1. The van der Waals surface area contributed by atoms with Crippen molar-refractivity contribution in [2.45, 2.75) is 6.92 Å². The van der Waals surface area contributed by atoms with Gasteiger partial charge in [-0.2, -0.15) is 5.26 Å². The molecule has 3 aromatic heterocycles. The van der Waals surface area contributed by atoms with Crippen LogP contribution in [0.5, 0.6) is 0 Å². The number of aromatic nitrogens is 4. The number of hydrogen-bond acceptors (Lipinski definition) is 4. The Bertz CT molecular complexity index is 869. The predicted molar refractivity (Wildman–Crippen MR) is 68.5 cm³/mol. The lowest BCUT2D eigenvalue weighted by molar-refractivity contribution is 1.09. The van der Waals surface area contributed by atoms with Crippen molar-refractivity contribution in [3.05, 3.63) is 52.5 Å². The first kappa shape index (κ1) is 11.2. The molecule has 0 aliphatic heterocycles. The highest BCUT2D eigenvalue weighted by Gasteiger charge is 2.08. The van der Waals surface area contributed by atoms with E-state index in [-0.39, 0.29) is 11.1 Å². The lowest BCUT2D eigenvalue weighted by Crippen LogP contribution is -2.12. The Hall–Kier alpha value is -2.94. The average Bonchev–Trinajstić information content (AvgIpc) is 2.86. The fourth-order valence-corrected chi connectivity index (χ4v) is 1.96. The molecule has 0 saturated heterocycles. The number of imidazole rings is 1. The van der Waals surface area contributed by atoms with Gasteiger partial charge in [0, 0.05) is 41.6 Å². The number of H-pyrrole nitrogens is 1. The summed E-state index contributed by atoms with van der Waals surface area (Å²) in [7, 11) is 0. The summed E-state index contributed by atoms with van der Waals surface area (Å²) in [5.41, 5.74) is 2.01. The number of nitrogens with zero attached hydrogens (tertiary/aromatic N) is 4. The van der Waals surface area contributed by atoms with Crippen molar-refractivity contribution in [3.8, 4) is 17.2 Å². The second-order valence-electron chi connectivity index (χ2n) is 4.14. The van der Waals surface area contributed by atoms with E-state index in [1.54, 1.807) is 36.0 Å². The number of pyridine rings is 1. The van der Waals surface area contributed by atoms with Crippen LogP contribution in [0, 0.1) is 18.3 Å². The molecule has 0 amide bonds. The van der Waals surface area contributed by atoms with Gasteiger partial charge in [0.15, 0.2) is 0 Å². The molecule has 0 spiro atoms. The van der Waals surface area contributed by atoms with Crippen molar-refractivity contribution < 1.29 is 0 Å². The molecular weight excluding hydrogens is 242 g/mol. The third-order valence-corrected chi connectivity index (χ3v) is 2.92. The van der Waals surface area contributed by atoms with Crippen molar-refractivity contribution in [1.82, 2.24) is 19.4 Å². The Balaban J connectivity index is 2.26. The molecule has 3 aromatic rings. The summed E-state index contributed by atoms with van der Waals surface area (Å²) < 4.78 is 1.78. The molecule has 0 radical (unpaired) electrons. The smallest absolute Gasteiger partial charge is 0.266 e. The number of rotatable bonds is 1. The minimum absolute atomic E-state index is 0.0892. The molecule has 0 saturated carbocycles. The van der Waals surface area contributed by atoms with Gasteiger partial charge >= 0.3 is 0 Å². The Morgan fingerprint density at radius 1 is 1.42 bits per heavy atom. The quantitative estimate of drug-likeness (QED) is 0.705. The SMILES string of the molecule is Cc1[nH]c(=O)c(C#N)cc1-c1cnc2nccn2c1. The van der Waals surface area contributed by atoms with E-state index >= 15 is 0 Å². The molecule has 0 aliphatic carbocycles. The van der Waals surface area contributed by atoms with E-state index in [0.29, 0.717) is 11.5 Å². The monoisotopic (exact) mass is 251 g/mol. The number of nitrogens with one attached hydrogen (secondary N) is 1. The molecule has 0 unspecified atom stereocenters. The summed E-state index contributed by atoms with van der Waals surface area (Å²) in [5.74, 6) is 0.603. The summed E-state index contributed by atoms with van der Waals surface area (Å²) in [5, 5.41) is 8.92. The van der Waals surface area contributed by atoms with Crippen LogP contribution < -0.4 is 5.56 Å². The Morgan fingerprint density at radius 3 is 3.05 bits per heavy atom. The normalized spacial score (nSPS) is 10.5. The van der Waals surface area contributed by atoms with Gasteiger partial charge in [0.05, 0.1) is 0 Å². The largest absolute Gasteiger partial charge is 0.325 e. The zero-order valence-corrected chi connectivity index (χ0v) is 10.1. The maximum atomic E-state index is 11.5. The van der Waals surface area contributed by atoms with Crippen LogP contribution in [0.3, 0.4) is 0 Å². The van der Waals surface area contributed by atoms with Crippen molar-refractivity contribution in [3.63, 3.8) is 0 Å². The average molecular weight is 251 g/mol. The van der Waals surface area contributed by atoms with Gasteiger partial charge < -0.3 is 4.98 Å². The van der Waals surface area contributed by atoms with E-state index in [9.17, 15) is 4.79 Å². The first-order valence-electron chi connectivity index (χ1n) is 5.62. The van der Waals surface area contributed by atoms with Crippen LogP contribution in [-0.4, -0.2) is 19.4 Å². The van der Waals surface area contributed by atoms with Gasteiger partial charge in [0.25, 0.3) is 5.56 Å². The molecule has 0 fully saturated rings. The second kappa shape index (κ2) is 4.07. The van der Waals surface area contributed by atoms with Gasteiger partial charge in [-0.25, -0.2) is 9.97 Å². The molecule has 19 heavy (non-hydrogen) atoms. The molecule has 92 valence electrons. The molecule has 3 rings (SSSR count). The number of fused-ring (bicyclic) bond motifs is 1. The molecule has 6 heteroatoms. The minimum Gasteiger partial charge on any atom is -0.325 e. The third kappa shape index (κ3) is 1.77. The minimum atomic E-state index is -0.375. The first-order valence-corrected chi connectivity index (χ1v) is 5.62.